The van der Waals surface area contributed by atoms with Gasteiger partial charge in [0.25, 0.3) is 0 Å². The Hall–Kier alpha value is -3.49. The van der Waals surface area contributed by atoms with E-state index in [-0.39, 0.29) is 0 Å². The highest BCUT2D eigenvalue weighted by Gasteiger charge is 2.22. The van der Waals surface area contributed by atoms with E-state index in [4.69, 9.17) is 0 Å². The Morgan fingerprint density at radius 3 is 2.80 bits per heavy atom. The lowest BCUT2D eigenvalue weighted by Crippen LogP contribution is -2.23. The Bertz CT molecular complexity index is 1050. The van der Waals surface area contributed by atoms with Gasteiger partial charge in [0.1, 0.15) is 6.10 Å². The lowest BCUT2D eigenvalue weighted by atomic mass is 9.94. The summed E-state index contributed by atoms with van der Waals surface area (Å²) in [5.74, 6) is 0. The number of aliphatic hydroxyl groups excluding tert-OH is 1. The van der Waals surface area contributed by atoms with Crippen LogP contribution >= 0.6 is 0 Å². The predicted octanol–water partition coefficient (Wildman–Crippen LogP) is 2.82. The molecule has 1 atom stereocenters. The lowest BCUT2D eigenvalue weighted by Gasteiger charge is -2.15. The van der Waals surface area contributed by atoms with Gasteiger partial charge in [0.05, 0.1) is 17.3 Å². The number of nitriles is 1. The van der Waals surface area contributed by atoms with Crippen molar-refractivity contribution in [3.8, 4) is 17.2 Å². The van der Waals surface area contributed by atoms with E-state index in [1.807, 2.05) is 18.2 Å². The van der Waals surface area contributed by atoms with Gasteiger partial charge in [0.15, 0.2) is 12.4 Å². The first kappa shape index (κ1) is 15.1. The van der Waals surface area contributed by atoms with Crippen LogP contribution in [0.15, 0.2) is 55.0 Å². The summed E-state index contributed by atoms with van der Waals surface area (Å²) in [6.45, 7) is 0. The van der Waals surface area contributed by atoms with Crippen molar-refractivity contribution in [2.75, 3.05) is 0 Å². The molecule has 5 heteroatoms. The van der Waals surface area contributed by atoms with Gasteiger partial charge >= 0.3 is 0 Å². The van der Waals surface area contributed by atoms with Gasteiger partial charge in [-0.05, 0) is 35.4 Å². The van der Waals surface area contributed by atoms with E-state index in [9.17, 15) is 15.6 Å². The van der Waals surface area contributed by atoms with Gasteiger partial charge in [-0.25, -0.2) is 0 Å². The zero-order valence-corrected chi connectivity index (χ0v) is 13.1. The molecule has 120 valence electrons. The molecule has 0 fully saturated rings. The molecule has 1 aliphatic rings. The van der Waals surface area contributed by atoms with Crippen LogP contribution < -0.4 is 4.73 Å². The number of aliphatic hydroxyl groups is 1. The second-order valence-electron chi connectivity index (χ2n) is 5.81. The van der Waals surface area contributed by atoms with Gasteiger partial charge in [-0.3, -0.25) is 4.98 Å². The summed E-state index contributed by atoms with van der Waals surface area (Å²) in [6.07, 6.45) is 7.26. The second-order valence-corrected chi connectivity index (χ2v) is 5.81. The summed E-state index contributed by atoms with van der Waals surface area (Å²) < 4.78 is 0.728. The third kappa shape index (κ3) is 2.55. The van der Waals surface area contributed by atoms with Crippen molar-refractivity contribution in [2.45, 2.75) is 6.10 Å². The Kier molecular flexibility index (Phi) is 3.53. The van der Waals surface area contributed by atoms with E-state index in [0.717, 1.165) is 15.9 Å². The maximum Gasteiger partial charge on any atom is 0.188 e. The van der Waals surface area contributed by atoms with Gasteiger partial charge in [-0.2, -0.15) is 9.99 Å². The van der Waals surface area contributed by atoms with Crippen molar-refractivity contribution in [2.24, 2.45) is 0 Å². The molecule has 25 heavy (non-hydrogen) atoms. The Morgan fingerprint density at radius 2 is 2.00 bits per heavy atom. The van der Waals surface area contributed by atoms with Gasteiger partial charge < -0.3 is 10.3 Å². The average molecular weight is 327 g/mol. The number of hydrogen-bond donors (Lipinski definition) is 1. The van der Waals surface area contributed by atoms with Crippen molar-refractivity contribution in [3.05, 3.63) is 88.1 Å². The van der Waals surface area contributed by atoms with E-state index in [0.29, 0.717) is 27.9 Å². The van der Waals surface area contributed by atoms with Crippen LogP contribution in [0.4, 0.5) is 0 Å². The Balaban J connectivity index is 1.88. The summed E-state index contributed by atoms with van der Waals surface area (Å²) >= 11 is 0. The van der Waals surface area contributed by atoms with Crippen LogP contribution in [0.2, 0.25) is 0 Å². The smallest absolute Gasteiger partial charge is 0.188 e. The fourth-order valence-corrected chi connectivity index (χ4v) is 3.07. The quantitative estimate of drug-likeness (QED) is 0.550. The highest BCUT2D eigenvalue weighted by Crippen LogP contribution is 2.35. The van der Waals surface area contributed by atoms with E-state index >= 15 is 0 Å². The summed E-state index contributed by atoms with van der Waals surface area (Å²) in [5, 5.41) is 31.7. The van der Waals surface area contributed by atoms with E-state index < -0.39 is 6.10 Å². The molecule has 0 bridgehead atoms. The number of nitrogens with zero attached hydrogens (tertiary/aromatic N) is 3. The normalized spacial score (nSPS) is 15.0. The molecule has 1 N–H and O–H groups in total. The molecule has 0 aliphatic heterocycles. The topological polar surface area (TPSA) is 83.9 Å². The van der Waals surface area contributed by atoms with Crippen molar-refractivity contribution >= 4 is 12.2 Å². The molecule has 1 unspecified atom stereocenters. The maximum atomic E-state index is 11.5. The van der Waals surface area contributed by atoms with Crippen LogP contribution in [-0.4, -0.2) is 10.1 Å². The largest absolute Gasteiger partial charge is 0.619 e. The second kappa shape index (κ2) is 5.86. The lowest BCUT2D eigenvalue weighted by molar-refractivity contribution is -0.604. The monoisotopic (exact) mass is 327 g/mol. The molecule has 0 amide bonds. The van der Waals surface area contributed by atoms with Crippen LogP contribution in [0.5, 0.6) is 0 Å². The number of pyridine rings is 2. The Morgan fingerprint density at radius 1 is 1.12 bits per heavy atom. The Labute approximate surface area is 144 Å². The fourth-order valence-electron chi connectivity index (χ4n) is 3.07. The highest BCUT2D eigenvalue weighted by molar-refractivity contribution is 5.78. The highest BCUT2D eigenvalue weighted by atomic mass is 16.5. The van der Waals surface area contributed by atoms with Gasteiger partial charge in [-0.1, -0.05) is 18.2 Å². The van der Waals surface area contributed by atoms with Crippen LogP contribution in [0, 0.1) is 16.5 Å². The summed E-state index contributed by atoms with van der Waals surface area (Å²) in [7, 11) is 0. The molecule has 4 rings (SSSR count). The van der Waals surface area contributed by atoms with Gasteiger partial charge in [-0.15, -0.1) is 0 Å². The minimum Gasteiger partial charge on any atom is -0.619 e. The maximum absolute atomic E-state index is 11.5. The number of benzene rings is 1. The summed E-state index contributed by atoms with van der Waals surface area (Å²) in [4.78, 5) is 4.43. The van der Waals surface area contributed by atoms with Gasteiger partial charge in [0.2, 0.25) is 0 Å². The van der Waals surface area contributed by atoms with Crippen molar-refractivity contribution in [1.29, 1.82) is 5.26 Å². The zero-order chi connectivity index (χ0) is 17.4. The molecule has 2 heterocycles. The van der Waals surface area contributed by atoms with Crippen LogP contribution in [0.25, 0.3) is 23.3 Å². The average Bonchev–Trinajstić information content (AvgIpc) is 2.78. The molecule has 2 aromatic heterocycles. The molecular formula is C20H13N3O2. The molecule has 1 aliphatic carbocycles. The van der Waals surface area contributed by atoms with E-state index in [1.54, 1.807) is 36.5 Å². The number of rotatable bonds is 1. The summed E-state index contributed by atoms with van der Waals surface area (Å²) in [5.41, 5.74) is 4.63. The molecule has 0 spiro atoms. The predicted molar refractivity (Wildman–Crippen MR) is 92.8 cm³/mol. The first-order chi connectivity index (χ1) is 12.2. The number of aromatic nitrogens is 2. The molecule has 3 aromatic rings. The molecule has 0 saturated carbocycles. The van der Waals surface area contributed by atoms with Crippen molar-refractivity contribution < 1.29 is 9.84 Å². The van der Waals surface area contributed by atoms with E-state index in [1.165, 1.54) is 12.4 Å². The first-order valence-electron chi connectivity index (χ1n) is 7.75. The summed E-state index contributed by atoms with van der Waals surface area (Å²) in [6, 6.07) is 12.8. The molecule has 0 saturated heterocycles. The zero-order valence-electron chi connectivity index (χ0n) is 13.1. The molecule has 1 aromatic carbocycles. The van der Waals surface area contributed by atoms with Crippen LogP contribution in [0.1, 0.15) is 34.1 Å². The van der Waals surface area contributed by atoms with Crippen LogP contribution in [0.3, 0.4) is 0 Å². The van der Waals surface area contributed by atoms with Crippen molar-refractivity contribution in [1.82, 2.24) is 4.98 Å². The number of fused-ring (bicyclic) bond motifs is 2. The first-order valence-corrected chi connectivity index (χ1v) is 7.75. The molecule has 5 nitrogen and oxygen atoms in total. The fraction of sp³-hybridized carbons (Fsp3) is 0.0500. The molecule has 0 radical (unpaired) electrons. The van der Waals surface area contributed by atoms with Gasteiger partial charge in [0, 0.05) is 29.0 Å². The third-order valence-corrected chi connectivity index (χ3v) is 4.32. The van der Waals surface area contributed by atoms with Crippen LogP contribution in [-0.2, 0) is 0 Å². The van der Waals surface area contributed by atoms with Crippen molar-refractivity contribution in [3.63, 3.8) is 0 Å². The standard InChI is InChI=1S/C20H13N3O2/c21-10-13-3-1-5-17-16(13)6-7-19-18(20(17)24)9-15(11-22-19)14-4-2-8-23(25)12-14/h1-9,11-12,20,24H. The third-order valence-electron chi connectivity index (χ3n) is 4.32. The molecular weight excluding hydrogens is 314 g/mol. The number of hydrogen-bond acceptors (Lipinski definition) is 4. The van der Waals surface area contributed by atoms with E-state index in [2.05, 4.69) is 11.1 Å². The SMILES string of the molecule is N#Cc1cccc2c1C=Cc1ncc(-c3ccc[n+]([O-])c3)cc1C2O. The minimum atomic E-state index is -0.899. The minimum absolute atomic E-state index is 0.510.